The Balaban J connectivity index is 2.29. The van der Waals surface area contributed by atoms with Gasteiger partial charge in [0.2, 0.25) is 0 Å². The fraction of sp³-hybridized carbons (Fsp3) is 1.00. The van der Waals surface area contributed by atoms with Gasteiger partial charge in [-0.3, -0.25) is 0 Å². The van der Waals surface area contributed by atoms with E-state index in [1.54, 1.807) is 0 Å². The third-order valence-electron chi connectivity index (χ3n) is 1.96. The molecule has 1 fully saturated rings. The molecule has 2 atom stereocenters. The summed E-state index contributed by atoms with van der Waals surface area (Å²) in [6, 6.07) is 0. The molecule has 0 bridgehead atoms. The minimum Gasteiger partial charge on any atom is -0.616 e. The first-order chi connectivity index (χ1) is 5.20. The van der Waals surface area contributed by atoms with Gasteiger partial charge in [-0.15, -0.1) is 0 Å². The molecule has 0 aromatic carbocycles. The van der Waals surface area contributed by atoms with Crippen molar-refractivity contribution in [2.75, 3.05) is 18.8 Å². The highest BCUT2D eigenvalue weighted by Gasteiger charge is 2.26. The highest BCUT2D eigenvalue weighted by molar-refractivity contribution is 7.92. The SMILES string of the molecule is CC(C)CC1CNCC[S+]1[O-]. The van der Waals surface area contributed by atoms with Crippen LogP contribution < -0.4 is 5.32 Å². The van der Waals surface area contributed by atoms with E-state index in [1.165, 1.54) is 0 Å². The first-order valence-corrected chi connectivity index (χ1v) is 5.66. The highest BCUT2D eigenvalue weighted by atomic mass is 32.2. The lowest BCUT2D eigenvalue weighted by molar-refractivity contribution is 0.490. The first-order valence-electron chi connectivity index (χ1n) is 4.28. The molecule has 1 rings (SSSR count). The van der Waals surface area contributed by atoms with Gasteiger partial charge in [0.25, 0.3) is 0 Å². The minimum atomic E-state index is -0.561. The second-order valence-electron chi connectivity index (χ2n) is 3.54. The molecule has 2 nitrogen and oxygen atoms in total. The number of rotatable bonds is 2. The molecule has 11 heavy (non-hydrogen) atoms. The van der Waals surface area contributed by atoms with Crippen LogP contribution in [0.25, 0.3) is 0 Å². The molecule has 1 aliphatic rings. The number of hydrogen-bond donors (Lipinski definition) is 1. The monoisotopic (exact) mass is 175 g/mol. The molecular formula is C8H17NOS. The summed E-state index contributed by atoms with van der Waals surface area (Å²) in [6.07, 6.45) is 1.10. The molecule has 0 spiro atoms. The number of hydrogen-bond acceptors (Lipinski definition) is 2. The van der Waals surface area contributed by atoms with E-state index in [9.17, 15) is 4.55 Å². The molecule has 66 valence electrons. The van der Waals surface area contributed by atoms with Crippen LogP contribution in [0.1, 0.15) is 20.3 Å². The summed E-state index contributed by atoms with van der Waals surface area (Å²) in [5, 5.41) is 3.68. The van der Waals surface area contributed by atoms with E-state index >= 15 is 0 Å². The van der Waals surface area contributed by atoms with Gasteiger partial charge in [-0.25, -0.2) is 0 Å². The van der Waals surface area contributed by atoms with Crippen LogP contribution >= 0.6 is 0 Å². The zero-order chi connectivity index (χ0) is 8.27. The average Bonchev–Trinajstić information content (AvgIpc) is 1.93. The zero-order valence-electron chi connectivity index (χ0n) is 7.30. The summed E-state index contributed by atoms with van der Waals surface area (Å²) < 4.78 is 11.4. The second kappa shape index (κ2) is 4.33. The standard InChI is InChI=1S/C8H17NOS/c1-7(2)5-8-6-9-3-4-11(8)10/h7-9H,3-6H2,1-2H3. The maximum Gasteiger partial charge on any atom is 0.128 e. The summed E-state index contributed by atoms with van der Waals surface area (Å²) >= 11 is -0.561. The van der Waals surface area contributed by atoms with Crippen LogP contribution in [0, 0.1) is 5.92 Å². The molecule has 0 aromatic rings. The van der Waals surface area contributed by atoms with Crippen LogP contribution in [0.15, 0.2) is 0 Å². The molecule has 0 aliphatic carbocycles. The van der Waals surface area contributed by atoms with E-state index in [-0.39, 0.29) is 0 Å². The van der Waals surface area contributed by atoms with Crippen LogP contribution in [0.4, 0.5) is 0 Å². The van der Waals surface area contributed by atoms with Crippen molar-refractivity contribution in [3.05, 3.63) is 0 Å². The van der Waals surface area contributed by atoms with Crippen molar-refractivity contribution in [2.45, 2.75) is 25.5 Å². The smallest absolute Gasteiger partial charge is 0.128 e. The average molecular weight is 175 g/mol. The van der Waals surface area contributed by atoms with Gasteiger partial charge < -0.3 is 9.87 Å². The lowest BCUT2D eigenvalue weighted by atomic mass is 10.1. The van der Waals surface area contributed by atoms with Gasteiger partial charge in [-0.2, -0.15) is 0 Å². The second-order valence-corrected chi connectivity index (χ2v) is 5.38. The highest BCUT2D eigenvalue weighted by Crippen LogP contribution is 2.15. The summed E-state index contributed by atoms with van der Waals surface area (Å²) in [4.78, 5) is 0. The molecule has 0 amide bonds. The van der Waals surface area contributed by atoms with E-state index < -0.39 is 11.2 Å². The third kappa shape index (κ3) is 3.01. The van der Waals surface area contributed by atoms with Crippen LogP contribution in [0.2, 0.25) is 0 Å². The maximum absolute atomic E-state index is 11.4. The van der Waals surface area contributed by atoms with E-state index in [4.69, 9.17) is 0 Å². The molecule has 0 saturated carbocycles. The van der Waals surface area contributed by atoms with Gasteiger partial charge in [0.1, 0.15) is 11.0 Å². The zero-order valence-corrected chi connectivity index (χ0v) is 8.12. The van der Waals surface area contributed by atoms with Crippen molar-refractivity contribution in [3.63, 3.8) is 0 Å². The van der Waals surface area contributed by atoms with Gasteiger partial charge in [0, 0.05) is 13.1 Å². The van der Waals surface area contributed by atoms with Crippen molar-refractivity contribution in [2.24, 2.45) is 5.92 Å². The Morgan fingerprint density at radius 3 is 2.91 bits per heavy atom. The largest absolute Gasteiger partial charge is 0.616 e. The van der Waals surface area contributed by atoms with Crippen molar-refractivity contribution >= 4 is 11.2 Å². The summed E-state index contributed by atoms with van der Waals surface area (Å²) in [6.45, 7) is 6.25. The van der Waals surface area contributed by atoms with Gasteiger partial charge in [0.05, 0.1) is 0 Å². The molecule has 1 N–H and O–H groups in total. The fourth-order valence-corrected chi connectivity index (χ4v) is 2.99. The van der Waals surface area contributed by atoms with Crippen molar-refractivity contribution < 1.29 is 4.55 Å². The van der Waals surface area contributed by atoms with Crippen molar-refractivity contribution in [1.82, 2.24) is 5.32 Å². The predicted octanol–water partition coefficient (Wildman–Crippen LogP) is 0.753. The lowest BCUT2D eigenvalue weighted by Crippen LogP contribution is -2.44. The lowest BCUT2D eigenvalue weighted by Gasteiger charge is -2.27. The quantitative estimate of drug-likeness (QED) is 0.629. The Hall–Kier alpha value is 0.270. The Kier molecular flexibility index (Phi) is 3.69. The van der Waals surface area contributed by atoms with Crippen molar-refractivity contribution in [1.29, 1.82) is 0 Å². The Morgan fingerprint density at radius 1 is 1.64 bits per heavy atom. The molecule has 1 heterocycles. The van der Waals surface area contributed by atoms with E-state index in [2.05, 4.69) is 19.2 Å². The van der Waals surface area contributed by atoms with Crippen molar-refractivity contribution in [3.8, 4) is 0 Å². The van der Waals surface area contributed by atoms with Gasteiger partial charge in [0.15, 0.2) is 0 Å². The minimum absolute atomic E-state index is 0.406. The number of nitrogens with one attached hydrogen (secondary N) is 1. The molecular weight excluding hydrogens is 158 g/mol. The summed E-state index contributed by atoms with van der Waals surface area (Å²) in [7, 11) is 0. The van der Waals surface area contributed by atoms with Crippen LogP contribution in [0.3, 0.4) is 0 Å². The topological polar surface area (TPSA) is 35.1 Å². The predicted molar refractivity (Wildman–Crippen MR) is 49.1 cm³/mol. The van der Waals surface area contributed by atoms with Gasteiger partial charge in [-0.05, 0) is 23.5 Å². The fourth-order valence-electron chi connectivity index (χ4n) is 1.41. The summed E-state index contributed by atoms with van der Waals surface area (Å²) in [5.74, 6) is 1.51. The maximum atomic E-state index is 11.4. The van der Waals surface area contributed by atoms with E-state index in [1.807, 2.05) is 0 Å². The summed E-state index contributed by atoms with van der Waals surface area (Å²) in [5.41, 5.74) is 0. The van der Waals surface area contributed by atoms with Crippen LogP contribution in [-0.2, 0) is 11.2 Å². The Labute approximate surface area is 71.9 Å². The first kappa shape index (κ1) is 9.36. The van der Waals surface area contributed by atoms with Crippen LogP contribution in [0.5, 0.6) is 0 Å². The van der Waals surface area contributed by atoms with E-state index in [0.29, 0.717) is 11.2 Å². The molecule has 1 aliphatic heterocycles. The third-order valence-corrected chi connectivity index (χ3v) is 3.67. The van der Waals surface area contributed by atoms with Gasteiger partial charge >= 0.3 is 0 Å². The Morgan fingerprint density at radius 2 is 2.36 bits per heavy atom. The Bertz CT molecular complexity index is 119. The molecule has 0 radical (unpaired) electrons. The molecule has 3 heteroatoms. The normalized spacial score (nSPS) is 32.7. The molecule has 1 saturated heterocycles. The molecule has 2 unspecified atom stereocenters. The molecule has 0 aromatic heterocycles. The van der Waals surface area contributed by atoms with E-state index in [0.717, 1.165) is 25.3 Å². The van der Waals surface area contributed by atoms with Crippen LogP contribution in [-0.4, -0.2) is 28.6 Å². The van der Waals surface area contributed by atoms with Gasteiger partial charge in [-0.1, -0.05) is 13.8 Å².